The molecule has 7 heteroatoms. The number of anilines is 2. The van der Waals surface area contributed by atoms with Gasteiger partial charge in [0.15, 0.2) is 5.11 Å². The summed E-state index contributed by atoms with van der Waals surface area (Å²) in [5.41, 5.74) is 4.01. The first kappa shape index (κ1) is 18.4. The fourth-order valence-corrected chi connectivity index (χ4v) is 3.12. The number of nitrogens with one attached hydrogen (secondary N) is 2. The summed E-state index contributed by atoms with van der Waals surface area (Å²) < 4.78 is 8.21. The molecule has 5 nitrogen and oxygen atoms in total. The Morgan fingerprint density at radius 1 is 1.23 bits per heavy atom. The lowest BCUT2D eigenvalue weighted by Crippen LogP contribution is -2.19. The van der Waals surface area contributed by atoms with Gasteiger partial charge in [0.1, 0.15) is 5.75 Å². The molecular formula is C19H19BrN4OS. The second-order valence-electron chi connectivity index (χ2n) is 5.84. The zero-order valence-corrected chi connectivity index (χ0v) is 16.9. The highest BCUT2D eigenvalue weighted by atomic mass is 79.9. The molecule has 3 rings (SSSR count). The number of hydrogen-bond donors (Lipinski definition) is 2. The van der Waals surface area contributed by atoms with Crippen LogP contribution in [0.25, 0.3) is 0 Å². The monoisotopic (exact) mass is 430 g/mol. The van der Waals surface area contributed by atoms with Gasteiger partial charge in [0.25, 0.3) is 0 Å². The van der Waals surface area contributed by atoms with E-state index < -0.39 is 0 Å². The number of aryl methyl sites for hydroxylation is 1. The standard InChI is InChI=1S/C19H19BrN4OS/c1-13-6-7-18(25-2)17(8-13)23-19(26)22-16-5-3-4-14(9-16)11-24-12-15(20)10-21-24/h3-10,12H,11H2,1-2H3,(H2,22,23,26). The van der Waals surface area contributed by atoms with E-state index in [1.54, 1.807) is 13.3 Å². The van der Waals surface area contributed by atoms with Crippen LogP contribution < -0.4 is 15.4 Å². The van der Waals surface area contributed by atoms with Gasteiger partial charge >= 0.3 is 0 Å². The quantitative estimate of drug-likeness (QED) is 0.568. The van der Waals surface area contributed by atoms with Gasteiger partial charge in [-0.15, -0.1) is 0 Å². The molecule has 134 valence electrons. The Kier molecular flexibility index (Phi) is 5.90. The van der Waals surface area contributed by atoms with E-state index in [2.05, 4.69) is 43.8 Å². The van der Waals surface area contributed by atoms with Crippen molar-refractivity contribution in [1.29, 1.82) is 0 Å². The van der Waals surface area contributed by atoms with Gasteiger partial charge < -0.3 is 15.4 Å². The van der Waals surface area contributed by atoms with Crippen molar-refractivity contribution in [3.8, 4) is 5.75 Å². The van der Waals surface area contributed by atoms with Crippen molar-refractivity contribution in [2.24, 2.45) is 0 Å². The first-order valence-corrected chi connectivity index (χ1v) is 9.23. The average molecular weight is 431 g/mol. The van der Waals surface area contributed by atoms with E-state index >= 15 is 0 Å². The number of methoxy groups -OCH3 is 1. The Hall–Kier alpha value is -2.38. The van der Waals surface area contributed by atoms with Crippen LogP contribution in [0.2, 0.25) is 0 Å². The van der Waals surface area contributed by atoms with Crippen LogP contribution in [0, 0.1) is 6.92 Å². The molecule has 3 aromatic rings. The van der Waals surface area contributed by atoms with E-state index in [0.29, 0.717) is 11.7 Å². The van der Waals surface area contributed by atoms with Crippen LogP contribution in [0.5, 0.6) is 5.75 Å². The number of hydrogen-bond acceptors (Lipinski definition) is 3. The third-order valence-electron chi connectivity index (χ3n) is 3.73. The molecule has 0 amide bonds. The van der Waals surface area contributed by atoms with Gasteiger partial charge in [0, 0.05) is 11.9 Å². The second kappa shape index (κ2) is 8.33. The summed E-state index contributed by atoms with van der Waals surface area (Å²) >= 11 is 8.85. The van der Waals surface area contributed by atoms with Gasteiger partial charge in [-0.25, -0.2) is 0 Å². The van der Waals surface area contributed by atoms with Gasteiger partial charge in [-0.2, -0.15) is 5.10 Å². The minimum atomic E-state index is 0.507. The Balaban J connectivity index is 1.68. The molecule has 0 saturated heterocycles. The summed E-state index contributed by atoms with van der Waals surface area (Å²) in [6.07, 6.45) is 3.71. The van der Waals surface area contributed by atoms with E-state index in [4.69, 9.17) is 17.0 Å². The van der Waals surface area contributed by atoms with E-state index in [-0.39, 0.29) is 0 Å². The minimum absolute atomic E-state index is 0.507. The van der Waals surface area contributed by atoms with Crippen molar-refractivity contribution in [1.82, 2.24) is 9.78 Å². The topological polar surface area (TPSA) is 51.1 Å². The van der Waals surface area contributed by atoms with Crippen molar-refractivity contribution >= 4 is 44.6 Å². The van der Waals surface area contributed by atoms with Crippen molar-refractivity contribution in [2.75, 3.05) is 17.7 Å². The molecule has 26 heavy (non-hydrogen) atoms. The Morgan fingerprint density at radius 3 is 2.81 bits per heavy atom. The lowest BCUT2D eigenvalue weighted by molar-refractivity contribution is 0.417. The molecule has 2 N–H and O–H groups in total. The highest BCUT2D eigenvalue weighted by Gasteiger charge is 2.06. The van der Waals surface area contributed by atoms with Gasteiger partial charge in [-0.05, 0) is 70.5 Å². The predicted molar refractivity (Wildman–Crippen MR) is 113 cm³/mol. The highest BCUT2D eigenvalue weighted by molar-refractivity contribution is 9.10. The van der Waals surface area contributed by atoms with Gasteiger partial charge in [-0.1, -0.05) is 18.2 Å². The second-order valence-corrected chi connectivity index (χ2v) is 7.16. The maximum Gasteiger partial charge on any atom is 0.175 e. The number of halogens is 1. The molecule has 0 aliphatic carbocycles. The fraction of sp³-hybridized carbons (Fsp3) is 0.158. The number of aromatic nitrogens is 2. The molecule has 1 heterocycles. The number of rotatable bonds is 5. The number of thiocarbonyl (C=S) groups is 1. The van der Waals surface area contributed by atoms with Crippen molar-refractivity contribution in [3.05, 3.63) is 70.5 Å². The van der Waals surface area contributed by atoms with Crippen LogP contribution in [0.3, 0.4) is 0 Å². The molecule has 0 spiro atoms. The largest absolute Gasteiger partial charge is 0.495 e. The molecule has 0 saturated carbocycles. The van der Waals surface area contributed by atoms with Crippen LogP contribution in [0.15, 0.2) is 59.3 Å². The maximum atomic E-state index is 5.44. The Morgan fingerprint density at radius 2 is 2.08 bits per heavy atom. The summed E-state index contributed by atoms with van der Waals surface area (Å²) in [5.74, 6) is 0.748. The van der Waals surface area contributed by atoms with Crippen LogP contribution in [0.1, 0.15) is 11.1 Å². The van der Waals surface area contributed by atoms with Gasteiger partial charge in [-0.3, -0.25) is 4.68 Å². The zero-order valence-electron chi connectivity index (χ0n) is 14.5. The van der Waals surface area contributed by atoms with E-state index in [1.165, 1.54) is 0 Å². The SMILES string of the molecule is COc1ccc(C)cc1NC(=S)Nc1cccc(Cn2cc(Br)cn2)c1. The summed E-state index contributed by atoms with van der Waals surface area (Å²) in [7, 11) is 1.64. The van der Waals surface area contributed by atoms with Crippen molar-refractivity contribution in [3.63, 3.8) is 0 Å². The lowest BCUT2D eigenvalue weighted by atomic mass is 10.2. The number of ether oxygens (including phenoxy) is 1. The van der Waals surface area contributed by atoms with Crippen LogP contribution in [-0.2, 0) is 6.54 Å². The zero-order chi connectivity index (χ0) is 18.5. The maximum absolute atomic E-state index is 5.44. The van der Waals surface area contributed by atoms with Crippen LogP contribution >= 0.6 is 28.1 Å². The summed E-state index contributed by atoms with van der Waals surface area (Å²) in [6.45, 7) is 2.71. The molecule has 2 aromatic carbocycles. The molecule has 0 unspecified atom stereocenters. The third-order valence-corrected chi connectivity index (χ3v) is 4.35. The molecule has 0 bridgehead atoms. The van der Waals surface area contributed by atoms with E-state index in [9.17, 15) is 0 Å². The predicted octanol–water partition coefficient (Wildman–Crippen LogP) is 4.82. The number of benzene rings is 2. The summed E-state index contributed by atoms with van der Waals surface area (Å²) in [4.78, 5) is 0. The molecule has 0 fully saturated rings. The average Bonchev–Trinajstić information content (AvgIpc) is 3.00. The van der Waals surface area contributed by atoms with Crippen molar-refractivity contribution in [2.45, 2.75) is 13.5 Å². The minimum Gasteiger partial charge on any atom is -0.495 e. The molecular weight excluding hydrogens is 412 g/mol. The molecule has 0 aliphatic rings. The molecule has 0 aliphatic heterocycles. The van der Waals surface area contributed by atoms with Gasteiger partial charge in [0.2, 0.25) is 0 Å². The number of nitrogens with zero attached hydrogens (tertiary/aromatic N) is 2. The molecule has 0 radical (unpaired) electrons. The van der Waals surface area contributed by atoms with Crippen molar-refractivity contribution < 1.29 is 4.74 Å². The van der Waals surface area contributed by atoms with Crippen LogP contribution in [0.4, 0.5) is 11.4 Å². The smallest absolute Gasteiger partial charge is 0.175 e. The first-order valence-electron chi connectivity index (χ1n) is 8.03. The Labute approximate surface area is 166 Å². The highest BCUT2D eigenvalue weighted by Crippen LogP contribution is 2.25. The first-order chi connectivity index (χ1) is 12.5. The van der Waals surface area contributed by atoms with Crippen LogP contribution in [-0.4, -0.2) is 22.0 Å². The normalized spacial score (nSPS) is 10.4. The Bertz CT molecular complexity index is 925. The molecule has 0 atom stereocenters. The lowest BCUT2D eigenvalue weighted by Gasteiger charge is -2.14. The fourth-order valence-electron chi connectivity index (χ4n) is 2.56. The van der Waals surface area contributed by atoms with E-state index in [0.717, 1.165) is 32.7 Å². The van der Waals surface area contributed by atoms with E-state index in [1.807, 2.05) is 48.1 Å². The van der Waals surface area contributed by atoms with Gasteiger partial charge in [0.05, 0.1) is 30.0 Å². The molecule has 1 aromatic heterocycles. The summed E-state index contributed by atoms with van der Waals surface area (Å²) in [6, 6.07) is 14.0. The third kappa shape index (κ3) is 4.83. The summed E-state index contributed by atoms with van der Waals surface area (Å²) in [5, 5.41) is 11.2.